The number of aromatic nitrogens is 3. The summed E-state index contributed by atoms with van der Waals surface area (Å²) < 4.78 is 0.893. The average Bonchev–Trinajstić information content (AvgIpc) is 3.05. The molecule has 2 N–H and O–H groups in total. The molecule has 0 saturated heterocycles. The van der Waals surface area contributed by atoms with Gasteiger partial charge in [0.05, 0.1) is 5.52 Å². The molecule has 0 amide bonds. The second-order valence-corrected chi connectivity index (χ2v) is 9.36. The molecule has 31 heavy (non-hydrogen) atoms. The zero-order valence-corrected chi connectivity index (χ0v) is 18.6. The third-order valence-electron chi connectivity index (χ3n) is 5.60. The highest BCUT2D eigenvalue weighted by Crippen LogP contribution is 2.23. The minimum absolute atomic E-state index is 0.0628. The topological polar surface area (TPSA) is 83.0 Å². The van der Waals surface area contributed by atoms with Crippen LogP contribution < -0.4 is 11.2 Å². The lowest BCUT2D eigenvalue weighted by Gasteiger charge is -2.19. The van der Waals surface area contributed by atoms with Gasteiger partial charge in [-0.25, -0.2) is 4.79 Å². The number of H-pyrrole nitrogens is 2. The SMILES string of the molecule is Cc1ccc2[nH]c3c(=O)n(/N=C/C(C)Cc4ccc(C(C)(C)C)cc4)c(=O)[nH]c3c2c1. The molecule has 0 saturated carbocycles. The molecule has 1 unspecified atom stereocenters. The van der Waals surface area contributed by atoms with Crippen molar-refractivity contribution in [1.82, 2.24) is 14.6 Å². The summed E-state index contributed by atoms with van der Waals surface area (Å²) in [6.45, 7) is 10.6. The van der Waals surface area contributed by atoms with E-state index in [9.17, 15) is 9.59 Å². The molecule has 0 spiro atoms. The summed E-state index contributed by atoms with van der Waals surface area (Å²) in [6.07, 6.45) is 2.43. The summed E-state index contributed by atoms with van der Waals surface area (Å²) in [5, 5.41) is 5.04. The molecule has 6 heteroatoms. The van der Waals surface area contributed by atoms with Gasteiger partial charge in [0, 0.05) is 17.1 Å². The normalized spacial score (nSPS) is 13.5. The van der Waals surface area contributed by atoms with Gasteiger partial charge in [0.15, 0.2) is 0 Å². The molecule has 2 heterocycles. The van der Waals surface area contributed by atoms with Crippen LogP contribution in [-0.4, -0.2) is 20.9 Å². The van der Waals surface area contributed by atoms with Crippen molar-refractivity contribution in [1.29, 1.82) is 0 Å². The van der Waals surface area contributed by atoms with Crippen LogP contribution in [0, 0.1) is 12.8 Å². The van der Waals surface area contributed by atoms with E-state index in [2.05, 4.69) is 60.1 Å². The van der Waals surface area contributed by atoms with Gasteiger partial charge >= 0.3 is 11.2 Å². The zero-order valence-electron chi connectivity index (χ0n) is 18.6. The number of aromatic amines is 2. The summed E-state index contributed by atoms with van der Waals surface area (Å²) in [4.78, 5) is 31.4. The molecule has 4 aromatic rings. The lowest BCUT2D eigenvalue weighted by molar-refractivity contribution is 0.589. The van der Waals surface area contributed by atoms with Gasteiger partial charge in [0.25, 0.3) is 0 Å². The number of hydrogen-bond acceptors (Lipinski definition) is 3. The van der Waals surface area contributed by atoms with Crippen LogP contribution in [-0.2, 0) is 11.8 Å². The highest BCUT2D eigenvalue weighted by atomic mass is 16.2. The van der Waals surface area contributed by atoms with E-state index in [1.807, 2.05) is 32.0 Å². The molecular weight excluding hydrogens is 388 g/mol. The quantitative estimate of drug-likeness (QED) is 0.481. The number of fused-ring (bicyclic) bond motifs is 3. The molecule has 6 nitrogen and oxygen atoms in total. The fourth-order valence-corrected chi connectivity index (χ4v) is 3.80. The van der Waals surface area contributed by atoms with Crippen molar-refractivity contribution in [2.75, 3.05) is 0 Å². The van der Waals surface area contributed by atoms with Gasteiger partial charge in [-0.1, -0.05) is 63.6 Å². The van der Waals surface area contributed by atoms with Crippen LogP contribution in [0.5, 0.6) is 0 Å². The third kappa shape index (κ3) is 4.10. The minimum atomic E-state index is -0.544. The lowest BCUT2D eigenvalue weighted by atomic mass is 9.86. The first-order valence-corrected chi connectivity index (χ1v) is 10.5. The highest BCUT2D eigenvalue weighted by Gasteiger charge is 2.14. The van der Waals surface area contributed by atoms with Crippen molar-refractivity contribution >= 4 is 28.2 Å². The molecule has 0 aliphatic heterocycles. The number of rotatable bonds is 4. The summed E-state index contributed by atoms with van der Waals surface area (Å²) in [5.41, 5.74) is 4.33. The van der Waals surface area contributed by atoms with E-state index in [0.29, 0.717) is 11.0 Å². The zero-order chi connectivity index (χ0) is 22.3. The van der Waals surface area contributed by atoms with Gasteiger partial charge < -0.3 is 9.97 Å². The Morgan fingerprint density at radius 1 is 1.03 bits per heavy atom. The summed E-state index contributed by atoms with van der Waals surface area (Å²) >= 11 is 0. The van der Waals surface area contributed by atoms with E-state index in [4.69, 9.17) is 0 Å². The van der Waals surface area contributed by atoms with Crippen molar-refractivity contribution < 1.29 is 0 Å². The van der Waals surface area contributed by atoms with Gasteiger partial charge in [-0.15, -0.1) is 4.68 Å². The first-order valence-electron chi connectivity index (χ1n) is 10.5. The van der Waals surface area contributed by atoms with E-state index in [-0.39, 0.29) is 11.3 Å². The van der Waals surface area contributed by atoms with Gasteiger partial charge in [-0.05, 0) is 47.9 Å². The van der Waals surface area contributed by atoms with Crippen molar-refractivity contribution in [3.05, 3.63) is 80.0 Å². The van der Waals surface area contributed by atoms with Gasteiger partial charge in [0.1, 0.15) is 5.52 Å². The van der Waals surface area contributed by atoms with Crippen LogP contribution in [0.1, 0.15) is 44.4 Å². The molecular formula is C25H28N4O2. The van der Waals surface area contributed by atoms with Crippen molar-refractivity contribution in [3.63, 3.8) is 0 Å². The average molecular weight is 417 g/mol. The summed E-state index contributed by atoms with van der Waals surface area (Å²) in [6, 6.07) is 14.4. The van der Waals surface area contributed by atoms with Crippen molar-refractivity contribution in [2.24, 2.45) is 11.0 Å². The second kappa shape index (κ2) is 7.69. The molecule has 0 bridgehead atoms. The molecule has 0 aliphatic carbocycles. The van der Waals surface area contributed by atoms with Gasteiger partial charge in [-0.3, -0.25) is 4.79 Å². The Hall–Kier alpha value is -3.41. The Labute approximate surface area is 180 Å². The van der Waals surface area contributed by atoms with E-state index in [0.717, 1.165) is 27.6 Å². The molecule has 1 atom stereocenters. The van der Waals surface area contributed by atoms with E-state index in [1.54, 1.807) is 6.21 Å². The Bertz CT molecular complexity index is 1400. The molecule has 4 rings (SSSR count). The third-order valence-corrected chi connectivity index (χ3v) is 5.60. The largest absolute Gasteiger partial charge is 0.350 e. The van der Waals surface area contributed by atoms with Crippen LogP contribution in [0.15, 0.2) is 57.2 Å². The monoisotopic (exact) mass is 416 g/mol. The fourth-order valence-electron chi connectivity index (χ4n) is 3.80. The van der Waals surface area contributed by atoms with Crippen LogP contribution in [0.2, 0.25) is 0 Å². The van der Waals surface area contributed by atoms with E-state index in [1.165, 1.54) is 11.1 Å². The molecule has 0 fully saturated rings. The molecule has 2 aromatic heterocycles. The van der Waals surface area contributed by atoms with Crippen LogP contribution in [0.25, 0.3) is 21.9 Å². The Morgan fingerprint density at radius 3 is 2.42 bits per heavy atom. The van der Waals surface area contributed by atoms with Crippen LogP contribution >= 0.6 is 0 Å². The number of aryl methyl sites for hydroxylation is 1. The maximum absolute atomic E-state index is 12.9. The predicted octanol–water partition coefficient (Wildman–Crippen LogP) is 4.49. The Balaban J connectivity index is 1.61. The minimum Gasteiger partial charge on any atom is -0.349 e. The lowest BCUT2D eigenvalue weighted by Crippen LogP contribution is -2.32. The standard InChI is InChI=1S/C25H28N4O2/c1-15-6-11-20-19(13-15)21-22(27-20)23(30)29(24(31)28-21)26-14-16(2)12-17-7-9-18(10-8-17)25(3,4)5/h6-11,13-14,16,27H,12H2,1-5H3,(H,28,31)/b26-14+. The Kier molecular flexibility index (Phi) is 5.17. The number of nitrogens with zero attached hydrogens (tertiary/aromatic N) is 2. The highest BCUT2D eigenvalue weighted by molar-refractivity contribution is 6.04. The molecule has 160 valence electrons. The maximum Gasteiger partial charge on any atom is 0.350 e. The maximum atomic E-state index is 12.9. The van der Waals surface area contributed by atoms with Crippen molar-refractivity contribution in [2.45, 2.75) is 46.5 Å². The first kappa shape index (κ1) is 20.8. The predicted molar refractivity (Wildman–Crippen MR) is 127 cm³/mol. The smallest absolute Gasteiger partial charge is 0.349 e. The van der Waals surface area contributed by atoms with Gasteiger partial charge in [0.2, 0.25) is 0 Å². The van der Waals surface area contributed by atoms with E-state index < -0.39 is 11.2 Å². The van der Waals surface area contributed by atoms with Crippen LogP contribution in [0.4, 0.5) is 0 Å². The first-order chi connectivity index (χ1) is 14.6. The molecule has 0 aliphatic rings. The molecule has 2 aromatic carbocycles. The van der Waals surface area contributed by atoms with Gasteiger partial charge in [-0.2, -0.15) is 5.10 Å². The summed E-state index contributed by atoms with van der Waals surface area (Å²) in [7, 11) is 0. The summed E-state index contributed by atoms with van der Waals surface area (Å²) in [5.74, 6) is 0.0628. The Morgan fingerprint density at radius 2 is 1.74 bits per heavy atom. The fraction of sp³-hybridized carbons (Fsp3) is 0.320. The van der Waals surface area contributed by atoms with Crippen molar-refractivity contribution in [3.8, 4) is 0 Å². The van der Waals surface area contributed by atoms with Crippen LogP contribution in [0.3, 0.4) is 0 Å². The van der Waals surface area contributed by atoms with E-state index >= 15 is 0 Å². The number of nitrogens with one attached hydrogen (secondary N) is 2. The number of hydrogen-bond donors (Lipinski definition) is 2. The molecule has 0 radical (unpaired) electrons. The second-order valence-electron chi connectivity index (χ2n) is 9.36. The number of benzene rings is 2.